The minimum absolute atomic E-state index is 0.214. The third kappa shape index (κ3) is 4.66. The highest BCUT2D eigenvalue weighted by molar-refractivity contribution is 6.03. The highest BCUT2D eigenvalue weighted by Gasteiger charge is 2.20. The van der Waals surface area contributed by atoms with Gasteiger partial charge in [0.1, 0.15) is 40.3 Å². The van der Waals surface area contributed by atoms with Gasteiger partial charge in [-0.05, 0) is 37.2 Å². The van der Waals surface area contributed by atoms with Gasteiger partial charge in [-0.3, -0.25) is 9.78 Å². The van der Waals surface area contributed by atoms with Gasteiger partial charge in [-0.2, -0.15) is 0 Å². The summed E-state index contributed by atoms with van der Waals surface area (Å²) in [7, 11) is 0. The van der Waals surface area contributed by atoms with Crippen molar-refractivity contribution < 1.29 is 22.7 Å². The fourth-order valence-corrected chi connectivity index (χ4v) is 3.32. The molecule has 1 saturated heterocycles. The molecular formula is C22H19F3N4O2. The largest absolute Gasteiger partial charge is 0.491 e. The van der Waals surface area contributed by atoms with Crippen LogP contribution >= 0.6 is 0 Å². The zero-order valence-corrected chi connectivity index (χ0v) is 16.4. The standard InChI is InChI=1S/C22H19F3N4O2/c23-14-2-1-3-15(24)20(14)21-16(25)4-5-17(28-21)22(30)29-18-11-27-9-7-19(18)31-12-13-6-8-26-10-13/h1-5,7,9,11,13,26H,6,8,10,12H2,(H,29,30). The van der Waals surface area contributed by atoms with Crippen molar-refractivity contribution in [2.75, 3.05) is 25.0 Å². The minimum atomic E-state index is -0.978. The summed E-state index contributed by atoms with van der Waals surface area (Å²) in [6.07, 6.45) is 3.95. The van der Waals surface area contributed by atoms with E-state index in [1.54, 1.807) is 6.07 Å². The first-order chi connectivity index (χ1) is 15.0. The van der Waals surface area contributed by atoms with Gasteiger partial charge in [0.25, 0.3) is 5.91 Å². The molecule has 1 amide bonds. The summed E-state index contributed by atoms with van der Waals surface area (Å²) in [5.74, 6) is -2.80. The second-order valence-electron chi connectivity index (χ2n) is 7.12. The number of amides is 1. The number of carbonyl (C=O) groups is 1. The van der Waals surface area contributed by atoms with Crippen LogP contribution in [0.2, 0.25) is 0 Å². The average molecular weight is 428 g/mol. The van der Waals surface area contributed by atoms with Crippen LogP contribution in [0.3, 0.4) is 0 Å². The molecule has 2 N–H and O–H groups in total. The van der Waals surface area contributed by atoms with Crippen LogP contribution in [-0.2, 0) is 0 Å². The second kappa shape index (κ2) is 9.13. The molecule has 6 nitrogen and oxygen atoms in total. The molecule has 1 aliphatic rings. The molecule has 31 heavy (non-hydrogen) atoms. The highest BCUT2D eigenvalue weighted by atomic mass is 19.1. The van der Waals surface area contributed by atoms with Crippen LogP contribution in [0.5, 0.6) is 5.75 Å². The van der Waals surface area contributed by atoms with Gasteiger partial charge in [0.05, 0.1) is 18.4 Å². The summed E-state index contributed by atoms with van der Waals surface area (Å²) < 4.78 is 48.3. The molecule has 9 heteroatoms. The van der Waals surface area contributed by atoms with Gasteiger partial charge in [0, 0.05) is 24.7 Å². The smallest absolute Gasteiger partial charge is 0.274 e. The van der Waals surface area contributed by atoms with Crippen LogP contribution in [0.25, 0.3) is 11.3 Å². The first-order valence-electron chi connectivity index (χ1n) is 9.72. The number of pyridine rings is 2. The Balaban J connectivity index is 1.56. The summed E-state index contributed by atoms with van der Waals surface area (Å²) in [4.78, 5) is 20.6. The lowest BCUT2D eigenvalue weighted by molar-refractivity contribution is 0.102. The lowest BCUT2D eigenvalue weighted by Gasteiger charge is -2.14. The van der Waals surface area contributed by atoms with Gasteiger partial charge in [-0.1, -0.05) is 6.07 Å². The topological polar surface area (TPSA) is 76.1 Å². The number of anilines is 1. The summed E-state index contributed by atoms with van der Waals surface area (Å²) >= 11 is 0. The van der Waals surface area contributed by atoms with Crippen molar-refractivity contribution in [3.63, 3.8) is 0 Å². The summed E-state index contributed by atoms with van der Waals surface area (Å²) in [6, 6.07) is 6.84. The van der Waals surface area contributed by atoms with Crippen molar-refractivity contribution in [2.45, 2.75) is 6.42 Å². The minimum Gasteiger partial charge on any atom is -0.491 e. The van der Waals surface area contributed by atoms with E-state index in [0.717, 1.165) is 49.8 Å². The number of hydrogen-bond acceptors (Lipinski definition) is 5. The van der Waals surface area contributed by atoms with Crippen LogP contribution in [-0.4, -0.2) is 35.6 Å². The third-order valence-electron chi connectivity index (χ3n) is 4.94. The number of ether oxygens (including phenoxy) is 1. The van der Waals surface area contributed by atoms with E-state index in [9.17, 15) is 18.0 Å². The first kappa shape index (κ1) is 20.8. The predicted octanol–water partition coefficient (Wildman–Crippen LogP) is 3.80. The zero-order chi connectivity index (χ0) is 21.8. The summed E-state index contributed by atoms with van der Waals surface area (Å²) in [6.45, 7) is 2.28. The SMILES string of the molecule is O=C(Nc1cnccc1OCC1CCNC1)c1ccc(F)c(-c2c(F)cccc2F)n1. The van der Waals surface area contributed by atoms with Gasteiger partial charge >= 0.3 is 0 Å². The number of nitrogens with one attached hydrogen (secondary N) is 2. The number of hydrogen-bond donors (Lipinski definition) is 2. The first-order valence-corrected chi connectivity index (χ1v) is 9.72. The molecule has 0 spiro atoms. The van der Waals surface area contributed by atoms with Crippen molar-refractivity contribution in [2.24, 2.45) is 5.92 Å². The molecule has 1 unspecified atom stereocenters. The van der Waals surface area contributed by atoms with E-state index in [0.29, 0.717) is 24.0 Å². The Morgan fingerprint density at radius 2 is 1.94 bits per heavy atom. The molecule has 0 bridgehead atoms. The van der Waals surface area contributed by atoms with Crippen LogP contribution in [0.4, 0.5) is 18.9 Å². The number of nitrogens with zero attached hydrogens (tertiary/aromatic N) is 2. The quantitative estimate of drug-likeness (QED) is 0.625. The monoisotopic (exact) mass is 428 g/mol. The van der Waals surface area contributed by atoms with Gasteiger partial charge < -0.3 is 15.4 Å². The maximum absolute atomic E-state index is 14.3. The van der Waals surface area contributed by atoms with Crippen molar-refractivity contribution in [3.05, 3.63) is 71.9 Å². The molecule has 1 aliphatic heterocycles. The van der Waals surface area contributed by atoms with Gasteiger partial charge in [0.2, 0.25) is 0 Å². The normalized spacial score (nSPS) is 15.6. The number of aromatic nitrogens is 2. The van der Waals surface area contributed by atoms with E-state index in [1.165, 1.54) is 12.4 Å². The summed E-state index contributed by atoms with van der Waals surface area (Å²) in [5, 5.41) is 5.87. The summed E-state index contributed by atoms with van der Waals surface area (Å²) in [5.41, 5.74) is -1.12. The third-order valence-corrected chi connectivity index (χ3v) is 4.94. The fraction of sp³-hybridized carbons (Fsp3) is 0.227. The molecular weight excluding hydrogens is 409 g/mol. The van der Waals surface area contributed by atoms with Gasteiger partial charge in [-0.15, -0.1) is 0 Å². The molecule has 4 rings (SSSR count). The Bertz CT molecular complexity index is 1080. The Labute approximate surface area is 176 Å². The second-order valence-corrected chi connectivity index (χ2v) is 7.12. The molecule has 3 heterocycles. The molecule has 0 radical (unpaired) electrons. The Morgan fingerprint density at radius 1 is 1.13 bits per heavy atom. The maximum Gasteiger partial charge on any atom is 0.274 e. The maximum atomic E-state index is 14.3. The molecule has 1 aromatic carbocycles. The molecule has 3 aromatic rings. The zero-order valence-electron chi connectivity index (χ0n) is 16.4. The van der Waals surface area contributed by atoms with E-state index in [-0.39, 0.29) is 5.69 Å². The predicted molar refractivity (Wildman–Crippen MR) is 108 cm³/mol. The molecule has 2 aromatic heterocycles. The van der Waals surface area contributed by atoms with Crippen LogP contribution in [0.1, 0.15) is 16.9 Å². The molecule has 0 saturated carbocycles. The molecule has 0 aliphatic carbocycles. The van der Waals surface area contributed by atoms with Crippen molar-refractivity contribution in [1.29, 1.82) is 0 Å². The highest BCUT2D eigenvalue weighted by Crippen LogP contribution is 2.28. The van der Waals surface area contributed by atoms with E-state index < -0.39 is 34.6 Å². The average Bonchev–Trinajstić information content (AvgIpc) is 3.28. The number of benzene rings is 1. The lowest BCUT2D eigenvalue weighted by Crippen LogP contribution is -2.18. The van der Waals surface area contributed by atoms with Crippen molar-refractivity contribution in [3.8, 4) is 17.0 Å². The fourth-order valence-electron chi connectivity index (χ4n) is 3.32. The molecule has 1 atom stereocenters. The van der Waals surface area contributed by atoms with Crippen molar-refractivity contribution >= 4 is 11.6 Å². The van der Waals surface area contributed by atoms with E-state index >= 15 is 0 Å². The van der Waals surface area contributed by atoms with E-state index in [4.69, 9.17) is 4.74 Å². The molecule has 160 valence electrons. The Morgan fingerprint density at radius 3 is 2.68 bits per heavy atom. The Hall–Kier alpha value is -3.46. The van der Waals surface area contributed by atoms with Gasteiger partial charge in [-0.25, -0.2) is 18.2 Å². The van der Waals surface area contributed by atoms with Crippen molar-refractivity contribution in [1.82, 2.24) is 15.3 Å². The number of halogens is 3. The number of rotatable bonds is 6. The van der Waals surface area contributed by atoms with Crippen LogP contribution < -0.4 is 15.4 Å². The van der Waals surface area contributed by atoms with Gasteiger partial charge in [0.15, 0.2) is 0 Å². The van der Waals surface area contributed by atoms with Crippen LogP contribution in [0, 0.1) is 23.4 Å². The number of carbonyl (C=O) groups excluding carboxylic acids is 1. The molecule has 1 fully saturated rings. The Kier molecular flexibility index (Phi) is 6.13. The van der Waals surface area contributed by atoms with E-state index in [1.807, 2.05) is 0 Å². The van der Waals surface area contributed by atoms with E-state index in [2.05, 4.69) is 20.6 Å². The lowest BCUT2D eigenvalue weighted by atomic mass is 10.1. The van der Waals surface area contributed by atoms with Crippen LogP contribution in [0.15, 0.2) is 48.8 Å².